The lowest BCUT2D eigenvalue weighted by atomic mass is 9.62. The van der Waals surface area contributed by atoms with Gasteiger partial charge in [0.2, 0.25) is 5.88 Å². The van der Waals surface area contributed by atoms with Gasteiger partial charge in [-0.2, -0.15) is 0 Å². The smallest absolute Gasteiger partial charge is 0.267 e. The van der Waals surface area contributed by atoms with Crippen LogP contribution in [0.3, 0.4) is 0 Å². The predicted octanol–water partition coefficient (Wildman–Crippen LogP) is 4.81. The van der Waals surface area contributed by atoms with E-state index >= 15 is 0 Å². The quantitative estimate of drug-likeness (QED) is 0.759. The van der Waals surface area contributed by atoms with E-state index in [1.54, 1.807) is 12.3 Å². The van der Waals surface area contributed by atoms with Crippen LogP contribution in [0.1, 0.15) is 56.4 Å². The fourth-order valence-corrected chi connectivity index (χ4v) is 5.54. The molecule has 2 heterocycles. The van der Waals surface area contributed by atoms with E-state index in [0.717, 1.165) is 18.0 Å². The van der Waals surface area contributed by atoms with Crippen LogP contribution in [0.15, 0.2) is 24.5 Å². The van der Waals surface area contributed by atoms with Crippen LogP contribution in [0.5, 0.6) is 5.88 Å². The first kappa shape index (κ1) is 19.9. The highest BCUT2D eigenvalue weighted by Crippen LogP contribution is 2.45. The summed E-state index contributed by atoms with van der Waals surface area (Å²) in [6.07, 6.45) is 9.03. The van der Waals surface area contributed by atoms with Gasteiger partial charge >= 0.3 is 0 Å². The van der Waals surface area contributed by atoms with E-state index in [9.17, 15) is 9.18 Å². The van der Waals surface area contributed by atoms with Gasteiger partial charge in [0.25, 0.3) is 5.91 Å². The molecule has 2 aliphatic rings. The monoisotopic (exact) mass is 399 g/mol. The molecule has 2 N–H and O–H groups in total. The Morgan fingerprint density at radius 1 is 1.31 bits per heavy atom. The number of hydrogen-bond acceptors (Lipinski definition) is 3. The maximum Gasteiger partial charge on any atom is 0.267 e. The largest absolute Gasteiger partial charge is 0.481 e. The summed E-state index contributed by atoms with van der Waals surface area (Å²) in [6.45, 7) is 4.54. The molecule has 0 saturated heterocycles. The lowest BCUT2D eigenvalue weighted by molar-refractivity contribution is 0.0552. The number of H-pyrrole nitrogens is 1. The van der Waals surface area contributed by atoms with Crippen molar-refractivity contribution in [2.24, 2.45) is 23.7 Å². The Bertz CT molecular complexity index is 879. The lowest BCUT2D eigenvalue weighted by Gasteiger charge is -2.47. The normalized spacial score (nSPS) is 28.8. The zero-order chi connectivity index (χ0) is 20.5. The molecule has 2 bridgehead atoms. The highest BCUT2D eigenvalue weighted by molar-refractivity contribution is 5.94. The zero-order valence-electron chi connectivity index (χ0n) is 17.4. The summed E-state index contributed by atoms with van der Waals surface area (Å²) >= 11 is 0. The molecule has 0 aromatic carbocycles. The molecule has 6 heteroatoms. The highest BCUT2D eigenvalue weighted by atomic mass is 19.1. The Hall–Kier alpha value is -2.37. The summed E-state index contributed by atoms with van der Waals surface area (Å²) in [5, 5.41) is 3.30. The third-order valence-corrected chi connectivity index (χ3v) is 6.89. The van der Waals surface area contributed by atoms with E-state index in [0.29, 0.717) is 34.5 Å². The number of carbonyl (C=O) groups is 1. The number of ether oxygens (including phenoxy) is 1. The Morgan fingerprint density at radius 3 is 2.90 bits per heavy atom. The molecule has 29 heavy (non-hydrogen) atoms. The number of carbonyl (C=O) groups excluding carboxylic acids is 1. The van der Waals surface area contributed by atoms with Crippen LogP contribution in [0.2, 0.25) is 0 Å². The number of methoxy groups -OCH3 is 1. The Balaban J connectivity index is 1.50. The van der Waals surface area contributed by atoms with Gasteiger partial charge in [0.15, 0.2) is 0 Å². The first-order valence-electron chi connectivity index (χ1n) is 10.7. The van der Waals surface area contributed by atoms with Crippen molar-refractivity contribution in [3.63, 3.8) is 0 Å². The molecule has 4 rings (SSSR count). The van der Waals surface area contributed by atoms with Crippen LogP contribution >= 0.6 is 0 Å². The summed E-state index contributed by atoms with van der Waals surface area (Å²) in [5.74, 6) is 2.44. The van der Waals surface area contributed by atoms with Crippen LogP contribution in [-0.2, 0) is 0 Å². The Kier molecular flexibility index (Phi) is 5.61. The SMILES string of the molecule is CCC1CC2CC(C)C(NC(=O)c3cc(-c4cc(F)cnc4OC)c[nH]3)C(C1)C2. The van der Waals surface area contributed by atoms with Gasteiger partial charge in [-0.3, -0.25) is 4.79 Å². The van der Waals surface area contributed by atoms with Crippen molar-refractivity contribution in [2.45, 2.75) is 52.0 Å². The standard InChI is InChI=1S/C23H30FN3O2/c1-4-14-6-15-5-13(2)21(16(7-14)8-15)27-22(28)20-9-17(11-25-20)19-10-18(24)12-26-23(19)29-3/h9-16,21,25H,4-8H2,1-3H3,(H,27,28). The van der Waals surface area contributed by atoms with E-state index in [1.165, 1.54) is 45.3 Å². The van der Waals surface area contributed by atoms with Gasteiger partial charge in [-0.05, 0) is 61.5 Å². The lowest BCUT2D eigenvalue weighted by Crippen LogP contribution is -2.50. The number of halogens is 1. The van der Waals surface area contributed by atoms with Gasteiger partial charge in [-0.1, -0.05) is 20.3 Å². The molecule has 2 aliphatic carbocycles. The second-order valence-corrected chi connectivity index (χ2v) is 8.83. The van der Waals surface area contributed by atoms with Gasteiger partial charge in [0.1, 0.15) is 11.5 Å². The molecule has 2 saturated carbocycles. The first-order valence-corrected chi connectivity index (χ1v) is 10.7. The van der Waals surface area contributed by atoms with Crippen LogP contribution in [-0.4, -0.2) is 29.0 Å². The Morgan fingerprint density at radius 2 is 2.14 bits per heavy atom. The first-order chi connectivity index (χ1) is 14.0. The molecular formula is C23H30FN3O2. The second kappa shape index (κ2) is 8.17. The fourth-order valence-electron chi connectivity index (χ4n) is 5.54. The van der Waals surface area contributed by atoms with Crippen molar-refractivity contribution in [2.75, 3.05) is 7.11 Å². The van der Waals surface area contributed by atoms with Crippen LogP contribution in [0.25, 0.3) is 11.1 Å². The van der Waals surface area contributed by atoms with E-state index in [4.69, 9.17) is 4.74 Å². The number of aromatic nitrogens is 2. The number of hydrogen-bond donors (Lipinski definition) is 2. The van der Waals surface area contributed by atoms with Gasteiger partial charge in [0, 0.05) is 23.4 Å². The fraction of sp³-hybridized carbons (Fsp3) is 0.565. The molecule has 2 fully saturated rings. The molecule has 156 valence electrons. The molecule has 0 spiro atoms. The molecule has 1 amide bonds. The van der Waals surface area contributed by atoms with Crippen molar-refractivity contribution in [3.05, 3.63) is 36.0 Å². The molecule has 5 nitrogen and oxygen atoms in total. The van der Waals surface area contributed by atoms with Gasteiger partial charge < -0.3 is 15.0 Å². The minimum atomic E-state index is -0.443. The number of aromatic amines is 1. The Labute approximate surface area is 171 Å². The summed E-state index contributed by atoms with van der Waals surface area (Å²) in [6, 6.07) is 3.32. The maximum absolute atomic E-state index is 13.7. The van der Waals surface area contributed by atoms with Crippen molar-refractivity contribution in [3.8, 4) is 17.0 Å². The van der Waals surface area contributed by atoms with Gasteiger partial charge in [0.05, 0.1) is 13.3 Å². The third kappa shape index (κ3) is 4.02. The topological polar surface area (TPSA) is 67.0 Å². The summed E-state index contributed by atoms with van der Waals surface area (Å²) in [7, 11) is 1.50. The van der Waals surface area contributed by atoms with Crippen LogP contribution in [0.4, 0.5) is 4.39 Å². The van der Waals surface area contributed by atoms with E-state index in [1.807, 2.05) is 0 Å². The number of nitrogens with zero attached hydrogens (tertiary/aromatic N) is 1. The van der Waals surface area contributed by atoms with Crippen LogP contribution in [0, 0.1) is 29.5 Å². The van der Waals surface area contributed by atoms with Crippen molar-refractivity contribution in [1.82, 2.24) is 15.3 Å². The highest BCUT2D eigenvalue weighted by Gasteiger charge is 2.41. The summed E-state index contributed by atoms with van der Waals surface area (Å²) in [4.78, 5) is 20.0. The molecule has 0 aliphatic heterocycles. The van der Waals surface area contributed by atoms with Crippen molar-refractivity contribution >= 4 is 5.91 Å². The average molecular weight is 400 g/mol. The second-order valence-electron chi connectivity index (χ2n) is 8.83. The zero-order valence-corrected chi connectivity index (χ0v) is 17.4. The third-order valence-electron chi connectivity index (χ3n) is 6.89. The average Bonchev–Trinajstić information content (AvgIpc) is 3.20. The number of amides is 1. The molecule has 5 atom stereocenters. The molecule has 2 aromatic rings. The van der Waals surface area contributed by atoms with E-state index in [-0.39, 0.29) is 11.9 Å². The van der Waals surface area contributed by atoms with Crippen molar-refractivity contribution < 1.29 is 13.9 Å². The predicted molar refractivity (Wildman–Crippen MR) is 110 cm³/mol. The van der Waals surface area contributed by atoms with E-state index < -0.39 is 5.82 Å². The number of pyridine rings is 1. The molecular weight excluding hydrogens is 369 g/mol. The number of rotatable bonds is 5. The summed E-state index contributed by atoms with van der Waals surface area (Å²) in [5.41, 5.74) is 1.68. The molecule has 0 radical (unpaired) electrons. The minimum absolute atomic E-state index is 0.103. The maximum atomic E-state index is 13.7. The number of nitrogens with one attached hydrogen (secondary N) is 2. The van der Waals surface area contributed by atoms with Crippen LogP contribution < -0.4 is 10.1 Å². The van der Waals surface area contributed by atoms with Gasteiger partial charge in [-0.15, -0.1) is 0 Å². The van der Waals surface area contributed by atoms with Gasteiger partial charge in [-0.25, -0.2) is 9.37 Å². The molecule has 5 unspecified atom stereocenters. The van der Waals surface area contributed by atoms with Crippen molar-refractivity contribution in [1.29, 1.82) is 0 Å². The molecule has 2 aromatic heterocycles. The minimum Gasteiger partial charge on any atom is -0.481 e. The summed E-state index contributed by atoms with van der Waals surface area (Å²) < 4.78 is 18.9. The number of fused-ring (bicyclic) bond motifs is 2. The van der Waals surface area contributed by atoms with E-state index in [2.05, 4.69) is 29.1 Å².